The summed E-state index contributed by atoms with van der Waals surface area (Å²) in [5.41, 5.74) is 1.83. The van der Waals surface area contributed by atoms with Crippen molar-refractivity contribution in [3.63, 3.8) is 0 Å². The summed E-state index contributed by atoms with van der Waals surface area (Å²) in [7, 11) is 2.25. The molecule has 2 fully saturated rings. The second kappa shape index (κ2) is 7.45. The molecule has 2 saturated heterocycles. The highest BCUT2D eigenvalue weighted by Gasteiger charge is 2.26. The molecule has 0 spiro atoms. The number of hydrogen-bond acceptors (Lipinski definition) is 3. The first-order valence-corrected chi connectivity index (χ1v) is 8.92. The molecule has 5 heteroatoms. The number of morpholine rings is 1. The Morgan fingerprint density at radius 3 is 2.54 bits per heavy atom. The predicted octanol–water partition coefficient (Wildman–Crippen LogP) is 2.21. The number of nitrogens with zero attached hydrogens (tertiary/aromatic N) is 2. The second-order valence-electron chi connectivity index (χ2n) is 7.20. The number of hydrogen-bond donors (Lipinski definition) is 0. The summed E-state index contributed by atoms with van der Waals surface area (Å²) in [5, 5.41) is 0. The number of carbonyl (C=O) groups excluding carboxylic acids is 2. The molecule has 2 heterocycles. The molecule has 0 atom stereocenters. The topological polar surface area (TPSA) is 46.6 Å². The minimum atomic E-state index is -0.153. The molecule has 5 nitrogen and oxygen atoms in total. The van der Waals surface area contributed by atoms with Gasteiger partial charge < -0.3 is 9.22 Å². The van der Waals surface area contributed by atoms with Gasteiger partial charge in [-0.05, 0) is 25.0 Å². The summed E-state index contributed by atoms with van der Waals surface area (Å²) >= 11 is 0. The van der Waals surface area contributed by atoms with E-state index in [0.29, 0.717) is 18.5 Å². The molecule has 24 heavy (non-hydrogen) atoms. The second-order valence-corrected chi connectivity index (χ2v) is 7.20. The van der Waals surface area contributed by atoms with Crippen molar-refractivity contribution in [2.24, 2.45) is 0 Å². The fourth-order valence-corrected chi connectivity index (χ4v) is 3.49. The van der Waals surface area contributed by atoms with Gasteiger partial charge in [0.25, 0.3) is 5.91 Å². The highest BCUT2D eigenvalue weighted by atomic mass is 16.5. The number of carbonyl (C=O) groups is 2. The smallest absolute Gasteiger partial charge is 0.260 e. The van der Waals surface area contributed by atoms with E-state index in [4.69, 9.17) is 4.74 Å². The molecule has 0 unspecified atom stereocenters. The van der Waals surface area contributed by atoms with Crippen molar-refractivity contribution in [3.8, 4) is 0 Å². The van der Waals surface area contributed by atoms with Crippen molar-refractivity contribution < 1.29 is 18.8 Å². The third-order valence-corrected chi connectivity index (χ3v) is 5.13. The van der Waals surface area contributed by atoms with Gasteiger partial charge >= 0.3 is 0 Å². The van der Waals surface area contributed by atoms with Crippen LogP contribution in [0.4, 0.5) is 0 Å². The summed E-state index contributed by atoms with van der Waals surface area (Å²) in [5.74, 6) is -0.187. The van der Waals surface area contributed by atoms with Gasteiger partial charge in [-0.15, -0.1) is 0 Å². The monoisotopic (exact) mass is 331 g/mol. The molecule has 2 amide bonds. The zero-order valence-corrected chi connectivity index (χ0v) is 14.5. The van der Waals surface area contributed by atoms with Gasteiger partial charge in [0.2, 0.25) is 5.91 Å². The van der Waals surface area contributed by atoms with E-state index < -0.39 is 0 Å². The highest BCUT2D eigenvalue weighted by molar-refractivity contribution is 6.04. The van der Waals surface area contributed by atoms with E-state index in [2.05, 4.69) is 7.05 Å². The maximum Gasteiger partial charge on any atom is 0.260 e. The molecule has 1 aromatic carbocycles. The van der Waals surface area contributed by atoms with Crippen LogP contribution in [-0.4, -0.2) is 61.1 Å². The van der Waals surface area contributed by atoms with E-state index in [1.807, 2.05) is 24.3 Å². The van der Waals surface area contributed by atoms with E-state index in [1.54, 1.807) is 0 Å². The van der Waals surface area contributed by atoms with Gasteiger partial charge in [0, 0.05) is 24.1 Å². The number of benzene rings is 1. The SMILES string of the molecule is C[N+]1(Cc2ccc(C(=O)N3CCCCCC3=O)cc2)CCOCC1. The molecule has 2 aliphatic heterocycles. The first kappa shape index (κ1) is 17.1. The molecular formula is C19H27N2O3+. The van der Waals surface area contributed by atoms with Crippen LogP contribution in [-0.2, 0) is 16.1 Å². The molecule has 0 aromatic heterocycles. The van der Waals surface area contributed by atoms with Crippen LogP contribution in [0, 0.1) is 0 Å². The first-order valence-electron chi connectivity index (χ1n) is 8.92. The molecule has 130 valence electrons. The Bertz CT molecular complexity index is 591. The summed E-state index contributed by atoms with van der Waals surface area (Å²) < 4.78 is 6.41. The van der Waals surface area contributed by atoms with Crippen molar-refractivity contribution in [2.75, 3.05) is 39.9 Å². The van der Waals surface area contributed by atoms with Crippen molar-refractivity contribution in [1.82, 2.24) is 4.90 Å². The van der Waals surface area contributed by atoms with Gasteiger partial charge in [0.15, 0.2) is 0 Å². The zero-order chi connectivity index (χ0) is 17.0. The van der Waals surface area contributed by atoms with E-state index >= 15 is 0 Å². The molecule has 2 aliphatic rings. The molecule has 0 bridgehead atoms. The lowest BCUT2D eigenvalue weighted by Crippen LogP contribution is -2.51. The van der Waals surface area contributed by atoms with Crippen LogP contribution in [0.25, 0.3) is 0 Å². The van der Waals surface area contributed by atoms with Crippen LogP contribution >= 0.6 is 0 Å². The van der Waals surface area contributed by atoms with Crippen LogP contribution in [0.5, 0.6) is 0 Å². The number of amides is 2. The molecule has 1 aromatic rings. The molecule has 0 saturated carbocycles. The van der Waals surface area contributed by atoms with E-state index in [0.717, 1.165) is 56.6 Å². The van der Waals surface area contributed by atoms with Gasteiger partial charge in [-0.25, -0.2) is 0 Å². The Balaban J connectivity index is 1.67. The fraction of sp³-hybridized carbons (Fsp3) is 0.579. The standard InChI is InChI=1S/C19H27N2O3/c1-21(11-13-24-14-12-21)15-16-6-8-17(9-7-16)19(23)20-10-4-2-3-5-18(20)22/h6-9H,2-5,10-15H2,1H3/q+1. The number of imide groups is 1. The highest BCUT2D eigenvalue weighted by Crippen LogP contribution is 2.18. The maximum absolute atomic E-state index is 12.6. The average molecular weight is 331 g/mol. The minimum absolute atomic E-state index is 0.0343. The first-order chi connectivity index (χ1) is 11.6. The zero-order valence-electron chi connectivity index (χ0n) is 14.5. The predicted molar refractivity (Wildman–Crippen MR) is 91.4 cm³/mol. The average Bonchev–Trinajstić information content (AvgIpc) is 2.80. The quantitative estimate of drug-likeness (QED) is 0.630. The Hall–Kier alpha value is -1.72. The number of rotatable bonds is 3. The molecule has 0 N–H and O–H groups in total. The maximum atomic E-state index is 12.6. The van der Waals surface area contributed by atoms with Crippen molar-refractivity contribution in [1.29, 1.82) is 0 Å². The van der Waals surface area contributed by atoms with Gasteiger partial charge in [0.1, 0.15) is 19.6 Å². The van der Waals surface area contributed by atoms with Crippen LogP contribution in [0.3, 0.4) is 0 Å². The summed E-state index contributed by atoms with van der Waals surface area (Å²) in [6.45, 7) is 5.15. The summed E-state index contributed by atoms with van der Waals surface area (Å²) in [6.07, 6.45) is 3.31. The molecule has 0 radical (unpaired) electrons. The number of quaternary nitrogens is 1. The van der Waals surface area contributed by atoms with Crippen molar-refractivity contribution in [3.05, 3.63) is 35.4 Å². The Morgan fingerprint density at radius 2 is 1.83 bits per heavy atom. The third-order valence-electron chi connectivity index (χ3n) is 5.13. The fourth-order valence-electron chi connectivity index (χ4n) is 3.49. The molecule has 0 aliphatic carbocycles. The molecular weight excluding hydrogens is 304 g/mol. The lowest BCUT2D eigenvalue weighted by Gasteiger charge is -2.37. The largest absolute Gasteiger partial charge is 0.370 e. The van der Waals surface area contributed by atoms with Gasteiger partial charge in [-0.2, -0.15) is 0 Å². The third kappa shape index (κ3) is 4.02. The summed E-state index contributed by atoms with van der Waals surface area (Å²) in [4.78, 5) is 26.1. The summed E-state index contributed by atoms with van der Waals surface area (Å²) in [6, 6.07) is 7.77. The van der Waals surface area contributed by atoms with Gasteiger partial charge in [-0.1, -0.05) is 18.6 Å². The number of likely N-dealkylation sites (N-methyl/N-ethyl adjacent to an activating group) is 1. The number of likely N-dealkylation sites (tertiary alicyclic amines) is 1. The van der Waals surface area contributed by atoms with Crippen LogP contribution in [0.1, 0.15) is 41.6 Å². The molecule has 3 rings (SSSR count). The Labute approximate surface area is 143 Å². The van der Waals surface area contributed by atoms with E-state index in [9.17, 15) is 9.59 Å². The van der Waals surface area contributed by atoms with Gasteiger partial charge in [-0.3, -0.25) is 14.5 Å². The normalized spacial score (nSPS) is 21.4. The van der Waals surface area contributed by atoms with E-state index in [-0.39, 0.29) is 11.8 Å². The van der Waals surface area contributed by atoms with Crippen LogP contribution < -0.4 is 0 Å². The van der Waals surface area contributed by atoms with E-state index in [1.165, 1.54) is 10.5 Å². The van der Waals surface area contributed by atoms with Gasteiger partial charge in [0.05, 0.1) is 20.3 Å². The lowest BCUT2D eigenvalue weighted by molar-refractivity contribution is -0.929. The van der Waals surface area contributed by atoms with Crippen molar-refractivity contribution >= 4 is 11.8 Å². The van der Waals surface area contributed by atoms with Crippen molar-refractivity contribution in [2.45, 2.75) is 32.2 Å². The van der Waals surface area contributed by atoms with Crippen LogP contribution in [0.2, 0.25) is 0 Å². The number of ether oxygens (including phenoxy) is 1. The van der Waals surface area contributed by atoms with Crippen LogP contribution in [0.15, 0.2) is 24.3 Å². The lowest BCUT2D eigenvalue weighted by atomic mass is 10.1. The minimum Gasteiger partial charge on any atom is -0.370 e. The Kier molecular flexibility index (Phi) is 5.31. The Morgan fingerprint density at radius 1 is 1.12 bits per heavy atom.